The van der Waals surface area contributed by atoms with Gasteiger partial charge in [0, 0.05) is 11.8 Å². The molecule has 0 aromatic carbocycles. The minimum atomic E-state index is 0.212. The summed E-state index contributed by atoms with van der Waals surface area (Å²) in [6.07, 6.45) is 16.0. The zero-order valence-electron chi connectivity index (χ0n) is 19.1. The van der Waals surface area contributed by atoms with E-state index in [1.165, 1.54) is 56.9 Å². The van der Waals surface area contributed by atoms with Gasteiger partial charge in [0.15, 0.2) is 5.78 Å². The van der Waals surface area contributed by atoms with Gasteiger partial charge in [0.05, 0.1) is 0 Å². The molecule has 1 fully saturated rings. The molecule has 0 spiro atoms. The summed E-state index contributed by atoms with van der Waals surface area (Å²) in [5, 5.41) is 0. The predicted molar refractivity (Wildman–Crippen MR) is 118 cm³/mol. The molecule has 0 amide bonds. The third kappa shape index (κ3) is 3.25. The van der Waals surface area contributed by atoms with Crippen molar-refractivity contribution in [3.63, 3.8) is 0 Å². The van der Waals surface area contributed by atoms with Crippen LogP contribution in [0.25, 0.3) is 0 Å². The average molecular weight is 383 g/mol. The van der Waals surface area contributed by atoms with Gasteiger partial charge in [-0.1, -0.05) is 70.6 Å². The Morgan fingerprint density at radius 2 is 1.79 bits per heavy atom. The lowest BCUT2D eigenvalue weighted by atomic mass is 9.53. The van der Waals surface area contributed by atoms with Crippen molar-refractivity contribution < 1.29 is 4.79 Å². The lowest BCUT2D eigenvalue weighted by Crippen LogP contribution is -2.41. The number of hydrogen-bond acceptors (Lipinski definition) is 1. The van der Waals surface area contributed by atoms with E-state index in [9.17, 15) is 4.79 Å². The summed E-state index contributed by atoms with van der Waals surface area (Å²) in [7, 11) is 0. The third-order valence-corrected chi connectivity index (χ3v) is 9.50. The van der Waals surface area contributed by atoms with Crippen LogP contribution in [-0.4, -0.2) is 5.78 Å². The van der Waals surface area contributed by atoms with Crippen molar-refractivity contribution in [3.8, 4) is 0 Å². The van der Waals surface area contributed by atoms with E-state index in [1.807, 2.05) is 11.6 Å². The molecule has 4 rings (SSSR count). The van der Waals surface area contributed by atoms with E-state index >= 15 is 0 Å². The van der Waals surface area contributed by atoms with E-state index in [0.29, 0.717) is 11.2 Å². The monoisotopic (exact) mass is 382 g/mol. The standard InChI is InChI=1S/C27H42O/c1-18(2)7-6-8-19(3)23-11-12-24-22-10-9-20-17-21(28)13-15-26(20,4)25(22)14-16-27(23,24)5/h17-19,23-24H,6-16H2,1-5H3/t19-,23-,24?,26+,27-/m1/s1. The summed E-state index contributed by atoms with van der Waals surface area (Å²) in [6, 6.07) is 0. The molecule has 1 nitrogen and oxygen atoms in total. The molecule has 28 heavy (non-hydrogen) atoms. The molecule has 0 heterocycles. The minimum absolute atomic E-state index is 0.212. The molecule has 0 aromatic heterocycles. The van der Waals surface area contributed by atoms with Crippen LogP contribution in [0.5, 0.6) is 0 Å². The molecular formula is C27H42O. The van der Waals surface area contributed by atoms with Gasteiger partial charge in [-0.3, -0.25) is 4.79 Å². The largest absolute Gasteiger partial charge is 0.295 e. The zero-order valence-corrected chi connectivity index (χ0v) is 19.1. The Balaban J connectivity index is 1.56. The molecule has 0 aliphatic heterocycles. The molecule has 4 aliphatic rings. The predicted octanol–water partition coefficient (Wildman–Crippen LogP) is 7.66. The summed E-state index contributed by atoms with van der Waals surface area (Å²) in [4.78, 5) is 12.0. The summed E-state index contributed by atoms with van der Waals surface area (Å²) in [5.41, 5.74) is 5.82. The highest BCUT2D eigenvalue weighted by Crippen LogP contribution is 2.65. The first-order chi connectivity index (χ1) is 13.3. The lowest BCUT2D eigenvalue weighted by Gasteiger charge is -2.52. The fourth-order valence-electron chi connectivity index (χ4n) is 7.82. The maximum absolute atomic E-state index is 12.0. The molecule has 5 atom stereocenters. The fraction of sp³-hybridized carbons (Fsp3) is 0.815. The molecule has 1 unspecified atom stereocenters. The van der Waals surface area contributed by atoms with E-state index in [-0.39, 0.29) is 5.41 Å². The Labute approximate surface area is 173 Å². The maximum atomic E-state index is 12.0. The van der Waals surface area contributed by atoms with Gasteiger partial charge in [-0.25, -0.2) is 0 Å². The highest BCUT2D eigenvalue weighted by Gasteiger charge is 2.54. The van der Waals surface area contributed by atoms with Crippen molar-refractivity contribution >= 4 is 5.78 Å². The van der Waals surface area contributed by atoms with Crippen molar-refractivity contribution in [1.29, 1.82) is 0 Å². The van der Waals surface area contributed by atoms with Gasteiger partial charge in [-0.05, 0) is 80.1 Å². The molecule has 1 saturated carbocycles. The van der Waals surface area contributed by atoms with Crippen LogP contribution in [0.15, 0.2) is 22.8 Å². The normalized spacial score (nSPS) is 38.8. The Morgan fingerprint density at radius 1 is 1.00 bits per heavy atom. The molecule has 0 bridgehead atoms. The summed E-state index contributed by atoms with van der Waals surface area (Å²) in [5.74, 6) is 3.82. The van der Waals surface area contributed by atoms with E-state index in [2.05, 4.69) is 34.6 Å². The first-order valence-electron chi connectivity index (χ1n) is 12.2. The van der Waals surface area contributed by atoms with Gasteiger partial charge in [0.25, 0.3) is 0 Å². The van der Waals surface area contributed by atoms with E-state index in [0.717, 1.165) is 42.9 Å². The van der Waals surface area contributed by atoms with Crippen molar-refractivity contribution in [1.82, 2.24) is 0 Å². The second-order valence-corrected chi connectivity index (χ2v) is 11.5. The molecule has 1 heteroatoms. The SMILES string of the molecule is CC(C)CCC[C@@H](C)[C@H]1CCC2C3=C(CC[C@@]21C)[C@@]1(C)CCC(=O)C=C1CC3. The molecule has 0 aromatic rings. The Morgan fingerprint density at radius 3 is 2.54 bits per heavy atom. The van der Waals surface area contributed by atoms with Gasteiger partial charge < -0.3 is 0 Å². The number of carbonyl (C=O) groups is 1. The molecule has 0 N–H and O–H groups in total. The summed E-state index contributed by atoms with van der Waals surface area (Å²) in [6.45, 7) is 12.4. The number of hydrogen-bond donors (Lipinski definition) is 0. The van der Waals surface area contributed by atoms with Crippen LogP contribution in [0.2, 0.25) is 0 Å². The fourth-order valence-corrected chi connectivity index (χ4v) is 7.82. The molecule has 4 aliphatic carbocycles. The van der Waals surface area contributed by atoms with Crippen LogP contribution >= 0.6 is 0 Å². The number of carbonyl (C=O) groups excluding carboxylic acids is 1. The van der Waals surface area contributed by atoms with Crippen LogP contribution in [0, 0.1) is 34.5 Å². The molecule has 0 saturated heterocycles. The van der Waals surface area contributed by atoms with Crippen LogP contribution in [0.1, 0.15) is 105 Å². The summed E-state index contributed by atoms with van der Waals surface area (Å²) < 4.78 is 0. The second kappa shape index (κ2) is 7.44. The van der Waals surface area contributed by atoms with Gasteiger partial charge >= 0.3 is 0 Å². The van der Waals surface area contributed by atoms with Crippen molar-refractivity contribution in [3.05, 3.63) is 22.8 Å². The molecule has 0 radical (unpaired) electrons. The average Bonchev–Trinajstić information content (AvgIpc) is 2.99. The first-order valence-corrected chi connectivity index (χ1v) is 12.2. The number of rotatable bonds is 5. The minimum Gasteiger partial charge on any atom is -0.295 e. The van der Waals surface area contributed by atoms with E-state index < -0.39 is 0 Å². The zero-order chi connectivity index (χ0) is 20.1. The van der Waals surface area contributed by atoms with Crippen molar-refractivity contribution in [2.24, 2.45) is 34.5 Å². The molecular weight excluding hydrogens is 340 g/mol. The van der Waals surface area contributed by atoms with Crippen LogP contribution in [-0.2, 0) is 4.79 Å². The number of fused-ring (bicyclic) bond motifs is 4. The maximum Gasteiger partial charge on any atom is 0.155 e. The van der Waals surface area contributed by atoms with Gasteiger partial charge in [0.1, 0.15) is 0 Å². The van der Waals surface area contributed by atoms with Gasteiger partial charge in [-0.15, -0.1) is 0 Å². The van der Waals surface area contributed by atoms with Crippen molar-refractivity contribution in [2.45, 2.75) is 105 Å². The van der Waals surface area contributed by atoms with Crippen LogP contribution in [0.3, 0.4) is 0 Å². The topological polar surface area (TPSA) is 17.1 Å². The Bertz CT molecular complexity index is 695. The van der Waals surface area contributed by atoms with E-state index in [4.69, 9.17) is 0 Å². The smallest absolute Gasteiger partial charge is 0.155 e. The second-order valence-electron chi connectivity index (χ2n) is 11.5. The Kier molecular flexibility index (Phi) is 5.43. The van der Waals surface area contributed by atoms with Crippen LogP contribution < -0.4 is 0 Å². The van der Waals surface area contributed by atoms with E-state index in [1.54, 1.807) is 5.57 Å². The Hall–Kier alpha value is -0.850. The lowest BCUT2D eigenvalue weighted by molar-refractivity contribution is -0.115. The number of ketones is 1. The van der Waals surface area contributed by atoms with Crippen molar-refractivity contribution in [2.75, 3.05) is 0 Å². The summed E-state index contributed by atoms with van der Waals surface area (Å²) >= 11 is 0. The molecule has 156 valence electrons. The third-order valence-electron chi connectivity index (χ3n) is 9.50. The first kappa shape index (κ1) is 20.4. The number of allylic oxidation sites excluding steroid dienone is 4. The van der Waals surface area contributed by atoms with Gasteiger partial charge in [-0.2, -0.15) is 0 Å². The van der Waals surface area contributed by atoms with Crippen LogP contribution in [0.4, 0.5) is 0 Å². The van der Waals surface area contributed by atoms with Gasteiger partial charge in [0.2, 0.25) is 0 Å². The highest BCUT2D eigenvalue weighted by molar-refractivity contribution is 5.92. The quantitative estimate of drug-likeness (QED) is 0.446. The highest BCUT2D eigenvalue weighted by atomic mass is 16.1.